The smallest absolute Gasteiger partial charge is 0.154 e. The first-order chi connectivity index (χ1) is 7.83. The molecule has 2 aliphatic heterocycles. The third kappa shape index (κ3) is 1.98. The van der Waals surface area contributed by atoms with Crippen molar-refractivity contribution in [1.29, 1.82) is 0 Å². The fourth-order valence-electron chi connectivity index (χ4n) is 2.47. The average molecular weight is 238 g/mol. The molecule has 1 aromatic heterocycles. The first-order valence-electron chi connectivity index (χ1n) is 6.10. The van der Waals surface area contributed by atoms with Crippen molar-refractivity contribution >= 4 is 11.8 Å². The van der Waals surface area contributed by atoms with Gasteiger partial charge in [0.05, 0.1) is 0 Å². The van der Waals surface area contributed by atoms with Crippen LogP contribution in [-0.4, -0.2) is 32.3 Å². The molecule has 4 nitrogen and oxygen atoms in total. The van der Waals surface area contributed by atoms with Gasteiger partial charge in [-0.05, 0) is 25.0 Å². The summed E-state index contributed by atoms with van der Waals surface area (Å²) >= 11 is 2.03. The largest absolute Gasteiger partial charge is 0.327 e. The maximum absolute atomic E-state index is 5.95. The Labute approximate surface area is 100.0 Å². The summed E-state index contributed by atoms with van der Waals surface area (Å²) in [5.74, 6) is 5.23. The molecule has 1 fully saturated rings. The fourth-order valence-corrected chi connectivity index (χ4v) is 3.60. The highest BCUT2D eigenvalue weighted by atomic mass is 32.2. The molecule has 0 aromatic carbocycles. The molecule has 88 valence electrons. The second-order valence-electron chi connectivity index (χ2n) is 4.78. The van der Waals surface area contributed by atoms with Crippen LogP contribution in [0.5, 0.6) is 0 Å². The summed E-state index contributed by atoms with van der Waals surface area (Å²) in [6.07, 6.45) is 4.49. The van der Waals surface area contributed by atoms with Gasteiger partial charge in [0.15, 0.2) is 5.82 Å². The monoisotopic (exact) mass is 238 g/mol. The van der Waals surface area contributed by atoms with Gasteiger partial charge in [-0.2, -0.15) is 16.9 Å². The van der Waals surface area contributed by atoms with Crippen molar-refractivity contribution in [2.24, 2.45) is 5.73 Å². The van der Waals surface area contributed by atoms with Crippen LogP contribution < -0.4 is 5.73 Å². The Morgan fingerprint density at radius 1 is 1.38 bits per heavy atom. The highest BCUT2D eigenvalue weighted by molar-refractivity contribution is 7.99. The zero-order valence-corrected chi connectivity index (χ0v) is 10.2. The molecule has 0 radical (unpaired) electrons. The fraction of sp³-hybridized carbons (Fsp3) is 0.818. The van der Waals surface area contributed by atoms with E-state index in [1.807, 2.05) is 11.8 Å². The van der Waals surface area contributed by atoms with Crippen molar-refractivity contribution in [2.45, 2.75) is 44.2 Å². The van der Waals surface area contributed by atoms with E-state index in [4.69, 9.17) is 5.73 Å². The molecular formula is C11H18N4S. The van der Waals surface area contributed by atoms with Crippen LogP contribution in [0.15, 0.2) is 0 Å². The van der Waals surface area contributed by atoms with Crippen LogP contribution in [0, 0.1) is 0 Å². The van der Waals surface area contributed by atoms with Crippen molar-refractivity contribution in [3.05, 3.63) is 11.6 Å². The van der Waals surface area contributed by atoms with Gasteiger partial charge in [-0.15, -0.1) is 0 Å². The lowest BCUT2D eigenvalue weighted by Gasteiger charge is -2.18. The topological polar surface area (TPSA) is 56.7 Å². The lowest BCUT2D eigenvalue weighted by atomic mass is 10.1. The first-order valence-corrected chi connectivity index (χ1v) is 7.25. The van der Waals surface area contributed by atoms with Crippen LogP contribution in [0.25, 0.3) is 0 Å². The summed E-state index contributed by atoms with van der Waals surface area (Å²) in [5, 5.41) is 4.65. The highest BCUT2D eigenvalue weighted by Crippen LogP contribution is 2.29. The SMILES string of the molecule is NC1CCn2nc(C3CCCSC3)nc2C1. The number of fused-ring (bicyclic) bond motifs is 1. The molecule has 0 spiro atoms. The number of rotatable bonds is 1. The Hall–Kier alpha value is -0.550. The quantitative estimate of drug-likeness (QED) is 0.797. The number of aryl methyl sites for hydroxylation is 1. The van der Waals surface area contributed by atoms with E-state index >= 15 is 0 Å². The van der Waals surface area contributed by atoms with Gasteiger partial charge in [0, 0.05) is 30.7 Å². The van der Waals surface area contributed by atoms with Gasteiger partial charge in [-0.3, -0.25) is 0 Å². The summed E-state index contributed by atoms with van der Waals surface area (Å²) in [6, 6.07) is 0.283. The molecule has 1 saturated heterocycles. The Bertz CT molecular complexity index is 370. The minimum absolute atomic E-state index is 0.283. The van der Waals surface area contributed by atoms with Gasteiger partial charge in [-0.25, -0.2) is 9.67 Å². The van der Waals surface area contributed by atoms with Crippen LogP contribution >= 0.6 is 11.8 Å². The Morgan fingerprint density at radius 3 is 3.12 bits per heavy atom. The minimum Gasteiger partial charge on any atom is -0.327 e. The van der Waals surface area contributed by atoms with Crippen LogP contribution in [0.2, 0.25) is 0 Å². The van der Waals surface area contributed by atoms with Gasteiger partial charge in [0.25, 0.3) is 0 Å². The van der Waals surface area contributed by atoms with Gasteiger partial charge >= 0.3 is 0 Å². The third-order valence-corrected chi connectivity index (χ3v) is 4.66. The molecule has 2 N–H and O–H groups in total. The van der Waals surface area contributed by atoms with Crippen LogP contribution in [0.4, 0.5) is 0 Å². The molecule has 0 bridgehead atoms. The predicted octanol–water partition coefficient (Wildman–Crippen LogP) is 1.16. The summed E-state index contributed by atoms with van der Waals surface area (Å²) in [5.41, 5.74) is 5.95. The second-order valence-corrected chi connectivity index (χ2v) is 5.93. The first kappa shape index (κ1) is 10.6. The number of hydrogen-bond acceptors (Lipinski definition) is 4. The Morgan fingerprint density at radius 2 is 2.31 bits per heavy atom. The van der Waals surface area contributed by atoms with Crippen molar-refractivity contribution in [3.8, 4) is 0 Å². The maximum Gasteiger partial charge on any atom is 0.154 e. The molecule has 1 aromatic rings. The van der Waals surface area contributed by atoms with E-state index in [2.05, 4.69) is 14.8 Å². The van der Waals surface area contributed by atoms with Gasteiger partial charge in [0.2, 0.25) is 0 Å². The van der Waals surface area contributed by atoms with E-state index in [9.17, 15) is 0 Å². The summed E-state index contributed by atoms with van der Waals surface area (Å²) in [7, 11) is 0. The third-order valence-electron chi connectivity index (χ3n) is 3.45. The molecule has 2 unspecified atom stereocenters. The van der Waals surface area contributed by atoms with Crippen LogP contribution in [-0.2, 0) is 13.0 Å². The number of nitrogens with zero attached hydrogens (tertiary/aromatic N) is 3. The molecule has 3 rings (SSSR count). The minimum atomic E-state index is 0.283. The Balaban J connectivity index is 1.80. The standard InChI is InChI=1S/C11H18N4S/c12-9-3-4-15-10(6-9)13-11(14-15)8-2-1-5-16-7-8/h8-9H,1-7,12H2. The Kier molecular flexibility index (Phi) is 2.90. The average Bonchev–Trinajstić information content (AvgIpc) is 2.73. The lowest BCUT2D eigenvalue weighted by molar-refractivity contribution is 0.431. The van der Waals surface area contributed by atoms with E-state index in [0.717, 1.165) is 31.0 Å². The molecule has 5 heteroatoms. The summed E-state index contributed by atoms with van der Waals surface area (Å²) in [6.45, 7) is 0.948. The number of aromatic nitrogens is 3. The molecule has 2 aliphatic rings. The van der Waals surface area contributed by atoms with Crippen molar-refractivity contribution in [1.82, 2.24) is 14.8 Å². The molecular weight excluding hydrogens is 220 g/mol. The predicted molar refractivity (Wildman–Crippen MR) is 65.6 cm³/mol. The second kappa shape index (κ2) is 4.37. The van der Waals surface area contributed by atoms with E-state index in [-0.39, 0.29) is 6.04 Å². The number of hydrogen-bond donors (Lipinski definition) is 1. The van der Waals surface area contributed by atoms with Gasteiger partial charge in [-0.1, -0.05) is 0 Å². The van der Waals surface area contributed by atoms with Crippen molar-refractivity contribution < 1.29 is 0 Å². The number of nitrogens with two attached hydrogens (primary N) is 1. The van der Waals surface area contributed by atoms with E-state index in [1.54, 1.807) is 0 Å². The van der Waals surface area contributed by atoms with Gasteiger partial charge in [0.1, 0.15) is 5.82 Å². The molecule has 3 heterocycles. The van der Waals surface area contributed by atoms with Gasteiger partial charge < -0.3 is 5.73 Å². The van der Waals surface area contributed by atoms with E-state index in [1.165, 1.54) is 24.3 Å². The van der Waals surface area contributed by atoms with Crippen LogP contribution in [0.1, 0.15) is 36.8 Å². The lowest BCUT2D eigenvalue weighted by Crippen LogP contribution is -2.31. The van der Waals surface area contributed by atoms with E-state index in [0.29, 0.717) is 5.92 Å². The molecule has 16 heavy (non-hydrogen) atoms. The number of thioether (sulfide) groups is 1. The zero-order chi connectivity index (χ0) is 11.0. The highest BCUT2D eigenvalue weighted by Gasteiger charge is 2.24. The van der Waals surface area contributed by atoms with Crippen molar-refractivity contribution in [3.63, 3.8) is 0 Å². The molecule has 0 aliphatic carbocycles. The molecule has 0 saturated carbocycles. The maximum atomic E-state index is 5.95. The summed E-state index contributed by atoms with van der Waals surface area (Å²) in [4.78, 5) is 4.68. The molecule has 2 atom stereocenters. The van der Waals surface area contributed by atoms with E-state index < -0.39 is 0 Å². The summed E-state index contributed by atoms with van der Waals surface area (Å²) < 4.78 is 2.07. The molecule has 0 amide bonds. The zero-order valence-electron chi connectivity index (χ0n) is 9.43. The van der Waals surface area contributed by atoms with Crippen LogP contribution in [0.3, 0.4) is 0 Å². The normalized spacial score (nSPS) is 30.1. The van der Waals surface area contributed by atoms with Crippen molar-refractivity contribution in [2.75, 3.05) is 11.5 Å².